The van der Waals surface area contributed by atoms with Gasteiger partial charge in [-0.3, -0.25) is 4.18 Å². The topological polar surface area (TPSA) is 66.8 Å². The molecule has 1 amide bonds. The quantitative estimate of drug-likeness (QED) is 0.862. The molecule has 1 heterocycles. The van der Waals surface area contributed by atoms with Crippen LogP contribution >= 0.6 is 15.9 Å². The average Bonchev–Trinajstić information content (AvgIpc) is 2.60. The molecule has 86 valence electrons. The van der Waals surface area contributed by atoms with Crippen LogP contribution in [0.15, 0.2) is 28.7 Å². The number of hydrogen-bond acceptors (Lipinski definition) is 3. The van der Waals surface area contributed by atoms with Gasteiger partial charge < -0.3 is 5.11 Å². The highest BCUT2D eigenvalue weighted by Crippen LogP contribution is 2.30. The summed E-state index contributed by atoms with van der Waals surface area (Å²) in [6.07, 6.45) is -1.25. The van der Waals surface area contributed by atoms with E-state index in [1.54, 1.807) is 18.2 Å². The minimum absolute atomic E-state index is 0.107. The normalized spacial score (nSPS) is 24.7. The van der Waals surface area contributed by atoms with Crippen LogP contribution < -0.4 is 0 Å². The fourth-order valence-corrected chi connectivity index (χ4v) is 2.79. The Morgan fingerprint density at radius 3 is 3.00 bits per heavy atom. The Hall–Kier alpha value is -0.920. The summed E-state index contributed by atoms with van der Waals surface area (Å²) in [7, 11) is 0. The molecule has 16 heavy (non-hydrogen) atoms. The third-order valence-electron chi connectivity index (χ3n) is 2.19. The van der Waals surface area contributed by atoms with E-state index < -0.39 is 23.4 Å². The van der Waals surface area contributed by atoms with Gasteiger partial charge in [0, 0.05) is 4.47 Å². The van der Waals surface area contributed by atoms with Crippen LogP contribution in [0.2, 0.25) is 0 Å². The number of amides is 1. The Labute approximate surface area is 103 Å². The zero-order valence-corrected chi connectivity index (χ0v) is 10.4. The van der Waals surface area contributed by atoms with Gasteiger partial charge in [0.15, 0.2) is 0 Å². The SMILES string of the molecule is O=C(O)N1C(c2cccc(Br)c2)COS1=O. The standard InChI is InChI=1S/C9H8BrNO4S/c10-7-3-1-2-6(4-7)8-5-15-16(14)11(8)9(12)13/h1-4,8H,5H2,(H,12,13). The van der Waals surface area contributed by atoms with Crippen LogP contribution in [0.1, 0.15) is 11.6 Å². The molecule has 0 spiro atoms. The van der Waals surface area contributed by atoms with Crippen molar-refractivity contribution in [3.8, 4) is 0 Å². The molecule has 1 saturated heterocycles. The highest BCUT2D eigenvalue weighted by atomic mass is 79.9. The van der Waals surface area contributed by atoms with Crippen LogP contribution in [0.25, 0.3) is 0 Å². The maximum absolute atomic E-state index is 11.3. The molecule has 1 aromatic rings. The van der Waals surface area contributed by atoms with Gasteiger partial charge in [0.25, 0.3) is 11.3 Å². The van der Waals surface area contributed by atoms with Crippen LogP contribution in [0, 0.1) is 0 Å². The number of carbonyl (C=O) groups is 1. The van der Waals surface area contributed by atoms with Crippen molar-refractivity contribution in [2.24, 2.45) is 0 Å². The van der Waals surface area contributed by atoms with Gasteiger partial charge in [-0.05, 0) is 17.7 Å². The van der Waals surface area contributed by atoms with Gasteiger partial charge >= 0.3 is 6.09 Å². The lowest BCUT2D eigenvalue weighted by molar-refractivity contribution is 0.165. The zero-order valence-electron chi connectivity index (χ0n) is 8.00. The smallest absolute Gasteiger partial charge is 0.421 e. The predicted octanol–water partition coefficient (Wildman–Crippen LogP) is 2.08. The molecule has 7 heteroatoms. The summed E-state index contributed by atoms with van der Waals surface area (Å²) in [5.41, 5.74) is 0.752. The lowest BCUT2D eigenvalue weighted by Gasteiger charge is -2.17. The molecule has 1 aliphatic heterocycles. The maximum atomic E-state index is 11.3. The van der Waals surface area contributed by atoms with E-state index in [1.165, 1.54) is 0 Å². The van der Waals surface area contributed by atoms with Gasteiger partial charge in [-0.1, -0.05) is 28.1 Å². The van der Waals surface area contributed by atoms with E-state index in [9.17, 15) is 9.00 Å². The minimum atomic E-state index is -1.91. The molecule has 2 unspecified atom stereocenters. The highest BCUT2D eigenvalue weighted by Gasteiger charge is 2.37. The summed E-state index contributed by atoms with van der Waals surface area (Å²) in [5.74, 6) is 0. The van der Waals surface area contributed by atoms with Gasteiger partial charge in [-0.2, -0.15) is 4.31 Å². The first-order chi connectivity index (χ1) is 7.59. The first-order valence-corrected chi connectivity index (χ1v) is 6.25. The average molecular weight is 306 g/mol. The molecule has 0 saturated carbocycles. The summed E-state index contributed by atoms with van der Waals surface area (Å²) < 4.78 is 17.8. The fraction of sp³-hybridized carbons (Fsp3) is 0.222. The first-order valence-electron chi connectivity index (χ1n) is 4.42. The van der Waals surface area contributed by atoms with E-state index in [0.29, 0.717) is 0 Å². The molecule has 1 N–H and O–H groups in total. The molecular weight excluding hydrogens is 298 g/mol. The first kappa shape index (κ1) is 11.6. The molecule has 2 atom stereocenters. The van der Waals surface area contributed by atoms with Crippen molar-refractivity contribution in [1.29, 1.82) is 0 Å². The Kier molecular flexibility index (Phi) is 3.27. The number of halogens is 1. The highest BCUT2D eigenvalue weighted by molar-refractivity contribution is 9.10. The lowest BCUT2D eigenvalue weighted by atomic mass is 10.1. The molecule has 5 nitrogen and oxygen atoms in total. The Morgan fingerprint density at radius 1 is 1.62 bits per heavy atom. The van der Waals surface area contributed by atoms with Crippen LogP contribution in [-0.4, -0.2) is 26.3 Å². The van der Waals surface area contributed by atoms with E-state index in [0.717, 1.165) is 14.3 Å². The summed E-state index contributed by atoms with van der Waals surface area (Å²) in [5, 5.41) is 8.93. The Morgan fingerprint density at radius 2 is 2.38 bits per heavy atom. The molecule has 2 rings (SSSR count). The van der Waals surface area contributed by atoms with Crippen LogP contribution in [0.5, 0.6) is 0 Å². The summed E-state index contributed by atoms with van der Waals surface area (Å²) in [6, 6.07) is 6.67. The molecule has 0 radical (unpaired) electrons. The molecule has 0 bridgehead atoms. The van der Waals surface area contributed by atoms with Gasteiger partial charge in [0.1, 0.15) is 6.04 Å². The van der Waals surface area contributed by atoms with Gasteiger partial charge in [0.05, 0.1) is 6.61 Å². The molecule has 1 aliphatic rings. The van der Waals surface area contributed by atoms with Crippen molar-refractivity contribution in [3.63, 3.8) is 0 Å². The second-order valence-electron chi connectivity index (χ2n) is 3.18. The monoisotopic (exact) mass is 305 g/mol. The largest absolute Gasteiger partial charge is 0.464 e. The van der Waals surface area contributed by atoms with Crippen molar-refractivity contribution in [2.75, 3.05) is 6.61 Å². The summed E-state index contributed by atoms with van der Waals surface area (Å²) >= 11 is 1.39. The van der Waals surface area contributed by atoms with Gasteiger partial charge in [0.2, 0.25) is 0 Å². The Balaban J connectivity index is 2.34. The van der Waals surface area contributed by atoms with Crippen LogP contribution in [0.3, 0.4) is 0 Å². The number of benzene rings is 1. The van der Waals surface area contributed by atoms with Crippen molar-refractivity contribution in [1.82, 2.24) is 4.31 Å². The van der Waals surface area contributed by atoms with Gasteiger partial charge in [-0.15, -0.1) is 0 Å². The molecule has 1 fully saturated rings. The lowest BCUT2D eigenvalue weighted by Crippen LogP contribution is -2.30. The zero-order chi connectivity index (χ0) is 11.7. The van der Waals surface area contributed by atoms with Crippen molar-refractivity contribution in [2.45, 2.75) is 6.04 Å². The number of hydrogen-bond donors (Lipinski definition) is 1. The van der Waals surface area contributed by atoms with E-state index in [1.807, 2.05) is 6.07 Å². The van der Waals surface area contributed by atoms with Crippen LogP contribution in [0.4, 0.5) is 4.79 Å². The van der Waals surface area contributed by atoms with E-state index in [2.05, 4.69) is 15.9 Å². The summed E-state index contributed by atoms with van der Waals surface area (Å²) in [6.45, 7) is 0.107. The fourth-order valence-electron chi connectivity index (χ4n) is 1.49. The predicted molar refractivity (Wildman–Crippen MR) is 60.8 cm³/mol. The van der Waals surface area contributed by atoms with Gasteiger partial charge in [-0.25, -0.2) is 9.00 Å². The van der Waals surface area contributed by atoms with E-state index >= 15 is 0 Å². The second-order valence-corrected chi connectivity index (χ2v) is 5.16. The molecule has 0 aliphatic carbocycles. The molecule has 0 aromatic heterocycles. The van der Waals surface area contributed by atoms with Crippen LogP contribution in [-0.2, 0) is 15.4 Å². The van der Waals surface area contributed by atoms with Crippen molar-refractivity contribution in [3.05, 3.63) is 34.3 Å². The van der Waals surface area contributed by atoms with Crippen molar-refractivity contribution < 1.29 is 18.3 Å². The van der Waals surface area contributed by atoms with E-state index in [-0.39, 0.29) is 6.61 Å². The molecule has 1 aromatic carbocycles. The number of nitrogens with zero attached hydrogens (tertiary/aromatic N) is 1. The summed E-state index contributed by atoms with van der Waals surface area (Å²) in [4.78, 5) is 10.9. The minimum Gasteiger partial charge on any atom is -0.464 e. The number of rotatable bonds is 1. The maximum Gasteiger partial charge on any atom is 0.421 e. The van der Waals surface area contributed by atoms with E-state index in [4.69, 9.17) is 9.29 Å². The molecular formula is C9H8BrNO4S. The third-order valence-corrected chi connectivity index (χ3v) is 3.76. The van der Waals surface area contributed by atoms with Crippen molar-refractivity contribution >= 4 is 33.3 Å². The third kappa shape index (κ3) is 2.11. The number of carboxylic acid groups (broad SMARTS) is 1. The second kappa shape index (κ2) is 4.52. The Bertz CT molecular complexity index is 453.